The van der Waals surface area contributed by atoms with Crippen LogP contribution in [-0.2, 0) is 4.79 Å². The second-order valence-corrected chi connectivity index (χ2v) is 7.54. The number of aromatic nitrogens is 3. The van der Waals surface area contributed by atoms with E-state index in [1.54, 1.807) is 16.8 Å². The molecule has 0 unspecified atom stereocenters. The Balaban J connectivity index is 2.00. The van der Waals surface area contributed by atoms with Crippen molar-refractivity contribution in [1.29, 1.82) is 0 Å². The minimum absolute atomic E-state index is 0.0690. The first kappa shape index (κ1) is 20.5. The molecule has 1 amide bonds. The largest absolute Gasteiger partial charge is 0.462 e. The predicted octanol–water partition coefficient (Wildman–Crippen LogP) is 4.70. The van der Waals surface area contributed by atoms with E-state index in [9.17, 15) is 9.18 Å². The second kappa shape index (κ2) is 8.86. The lowest BCUT2D eigenvalue weighted by atomic mass is 10.2. The minimum atomic E-state index is -0.325. The summed E-state index contributed by atoms with van der Waals surface area (Å²) in [5, 5.41) is 7.37. The fraction of sp³-hybridized carbons (Fsp3) is 0.318. The van der Waals surface area contributed by atoms with E-state index in [4.69, 9.17) is 4.74 Å². The summed E-state index contributed by atoms with van der Waals surface area (Å²) in [6, 6.07) is 13.6. The van der Waals surface area contributed by atoms with E-state index in [2.05, 4.69) is 15.4 Å². The number of benzene rings is 2. The van der Waals surface area contributed by atoms with Gasteiger partial charge in [0.2, 0.25) is 5.91 Å². The van der Waals surface area contributed by atoms with Crippen molar-refractivity contribution in [2.24, 2.45) is 11.8 Å². The normalized spacial score (nSPS) is 11.1. The first-order chi connectivity index (χ1) is 13.8. The molecule has 152 valence electrons. The van der Waals surface area contributed by atoms with Gasteiger partial charge >= 0.3 is 6.01 Å². The number of carbonyl (C=O) groups excluding carboxylic acids is 1. The molecule has 0 spiro atoms. The summed E-state index contributed by atoms with van der Waals surface area (Å²) in [6.45, 7) is 8.23. The number of rotatable bonds is 7. The lowest BCUT2D eigenvalue weighted by Gasteiger charge is -2.10. The van der Waals surface area contributed by atoms with E-state index >= 15 is 0 Å². The highest BCUT2D eigenvalue weighted by molar-refractivity contribution is 5.92. The summed E-state index contributed by atoms with van der Waals surface area (Å²) in [4.78, 5) is 16.5. The molecule has 3 rings (SSSR count). The molecule has 0 fully saturated rings. The molecular weight excluding hydrogens is 371 g/mol. The Kier molecular flexibility index (Phi) is 6.26. The van der Waals surface area contributed by atoms with Crippen molar-refractivity contribution in [2.75, 3.05) is 11.9 Å². The molecule has 1 N–H and O–H groups in total. The van der Waals surface area contributed by atoms with Crippen LogP contribution in [0.5, 0.6) is 6.01 Å². The zero-order valence-corrected chi connectivity index (χ0v) is 17.0. The number of nitrogens with one attached hydrogen (secondary N) is 1. The van der Waals surface area contributed by atoms with E-state index in [0.717, 1.165) is 0 Å². The van der Waals surface area contributed by atoms with E-state index in [1.807, 2.05) is 52.0 Å². The van der Waals surface area contributed by atoms with E-state index in [-0.39, 0.29) is 23.7 Å². The number of anilines is 1. The number of amides is 1. The molecule has 0 atom stereocenters. The van der Waals surface area contributed by atoms with Gasteiger partial charge in [-0.05, 0) is 48.4 Å². The van der Waals surface area contributed by atoms with Gasteiger partial charge in [-0.15, -0.1) is 5.10 Å². The van der Waals surface area contributed by atoms with Crippen molar-refractivity contribution >= 4 is 11.6 Å². The predicted molar refractivity (Wildman–Crippen MR) is 111 cm³/mol. The number of carbonyl (C=O) groups is 1. The molecule has 1 heterocycles. The maximum atomic E-state index is 13.4. The standard InChI is InChI=1S/C22H25FN4O2/c1-14(2)13-29-22-25-20(16-8-10-17(23)11-9-16)27(26-22)19-7-5-6-18(12-19)24-21(28)15(3)4/h5-12,14-15H,13H2,1-4H3,(H,24,28). The molecule has 0 aliphatic rings. The van der Waals surface area contributed by atoms with Crippen LogP contribution < -0.4 is 10.1 Å². The average Bonchev–Trinajstić information content (AvgIpc) is 3.11. The molecule has 0 radical (unpaired) electrons. The van der Waals surface area contributed by atoms with E-state index < -0.39 is 0 Å². The van der Waals surface area contributed by atoms with Crippen molar-refractivity contribution in [3.8, 4) is 23.1 Å². The lowest BCUT2D eigenvalue weighted by Crippen LogP contribution is -2.17. The highest BCUT2D eigenvalue weighted by Gasteiger charge is 2.16. The third kappa shape index (κ3) is 5.19. The van der Waals surface area contributed by atoms with Gasteiger partial charge in [0.25, 0.3) is 0 Å². The smallest absolute Gasteiger partial charge is 0.336 e. The number of nitrogens with zero attached hydrogens (tertiary/aromatic N) is 3. The number of hydrogen-bond acceptors (Lipinski definition) is 4. The third-order valence-electron chi connectivity index (χ3n) is 4.12. The minimum Gasteiger partial charge on any atom is -0.462 e. The second-order valence-electron chi connectivity index (χ2n) is 7.54. The molecule has 0 saturated carbocycles. The van der Waals surface area contributed by atoms with Crippen molar-refractivity contribution in [3.05, 3.63) is 54.3 Å². The van der Waals surface area contributed by atoms with Crippen LogP contribution in [0.3, 0.4) is 0 Å². The molecule has 7 heteroatoms. The molecule has 3 aromatic rings. The summed E-state index contributed by atoms with van der Waals surface area (Å²) in [5.74, 6) is 0.327. The van der Waals surface area contributed by atoms with Crippen LogP contribution >= 0.6 is 0 Å². The first-order valence-corrected chi connectivity index (χ1v) is 9.60. The number of halogens is 1. The first-order valence-electron chi connectivity index (χ1n) is 9.60. The van der Waals surface area contributed by atoms with Crippen LogP contribution in [-0.4, -0.2) is 27.3 Å². The number of ether oxygens (including phenoxy) is 1. The van der Waals surface area contributed by atoms with E-state index in [1.165, 1.54) is 12.1 Å². The Morgan fingerprint density at radius 2 is 1.86 bits per heavy atom. The molecule has 6 nitrogen and oxygen atoms in total. The Hall–Kier alpha value is -3.22. The van der Waals surface area contributed by atoms with Gasteiger partial charge in [-0.25, -0.2) is 9.07 Å². The molecular formula is C22H25FN4O2. The molecule has 2 aromatic carbocycles. The van der Waals surface area contributed by atoms with Crippen LogP contribution in [0.15, 0.2) is 48.5 Å². The Labute approximate surface area is 169 Å². The molecule has 0 bridgehead atoms. The van der Waals surface area contributed by atoms with Crippen molar-refractivity contribution in [1.82, 2.24) is 14.8 Å². The van der Waals surface area contributed by atoms with Gasteiger partial charge in [-0.2, -0.15) is 4.98 Å². The molecule has 0 aliphatic carbocycles. The van der Waals surface area contributed by atoms with Gasteiger partial charge in [-0.1, -0.05) is 33.8 Å². The maximum Gasteiger partial charge on any atom is 0.336 e. The molecule has 0 aliphatic heterocycles. The Morgan fingerprint density at radius 1 is 1.14 bits per heavy atom. The zero-order valence-electron chi connectivity index (χ0n) is 17.0. The molecule has 29 heavy (non-hydrogen) atoms. The summed E-state index contributed by atoms with van der Waals surface area (Å²) < 4.78 is 20.7. The summed E-state index contributed by atoms with van der Waals surface area (Å²) in [5.41, 5.74) is 2.07. The van der Waals surface area contributed by atoms with Crippen LogP contribution in [0.2, 0.25) is 0 Å². The zero-order chi connectivity index (χ0) is 21.0. The van der Waals surface area contributed by atoms with Crippen molar-refractivity contribution in [3.63, 3.8) is 0 Å². The van der Waals surface area contributed by atoms with Crippen molar-refractivity contribution in [2.45, 2.75) is 27.7 Å². The fourth-order valence-corrected chi connectivity index (χ4v) is 2.56. The van der Waals surface area contributed by atoms with Crippen LogP contribution in [0, 0.1) is 17.7 Å². The summed E-state index contributed by atoms with van der Waals surface area (Å²) >= 11 is 0. The van der Waals surface area contributed by atoms with Gasteiger partial charge in [0.05, 0.1) is 12.3 Å². The van der Waals surface area contributed by atoms with Gasteiger partial charge in [0.1, 0.15) is 5.82 Å². The molecule has 0 saturated heterocycles. The SMILES string of the molecule is CC(C)COc1nc(-c2ccc(F)cc2)n(-c2cccc(NC(=O)C(C)C)c2)n1. The monoisotopic (exact) mass is 396 g/mol. The Bertz CT molecular complexity index is 981. The quantitative estimate of drug-likeness (QED) is 0.628. The summed E-state index contributed by atoms with van der Waals surface area (Å²) in [7, 11) is 0. The van der Waals surface area contributed by atoms with Crippen molar-refractivity contribution < 1.29 is 13.9 Å². The van der Waals surface area contributed by atoms with Crippen LogP contribution in [0.25, 0.3) is 17.1 Å². The number of hydrogen-bond donors (Lipinski definition) is 1. The highest BCUT2D eigenvalue weighted by Crippen LogP contribution is 2.25. The maximum absolute atomic E-state index is 13.4. The third-order valence-corrected chi connectivity index (χ3v) is 4.12. The highest BCUT2D eigenvalue weighted by atomic mass is 19.1. The van der Waals surface area contributed by atoms with Crippen LogP contribution in [0.4, 0.5) is 10.1 Å². The van der Waals surface area contributed by atoms with Gasteiger partial charge < -0.3 is 10.1 Å². The van der Waals surface area contributed by atoms with E-state index in [0.29, 0.717) is 35.3 Å². The van der Waals surface area contributed by atoms with Gasteiger partial charge in [0.15, 0.2) is 5.82 Å². The lowest BCUT2D eigenvalue weighted by molar-refractivity contribution is -0.118. The average molecular weight is 396 g/mol. The Morgan fingerprint density at radius 3 is 2.52 bits per heavy atom. The fourth-order valence-electron chi connectivity index (χ4n) is 2.56. The molecule has 1 aromatic heterocycles. The topological polar surface area (TPSA) is 69.0 Å². The van der Waals surface area contributed by atoms with Gasteiger partial charge in [0, 0.05) is 17.2 Å². The van der Waals surface area contributed by atoms with Gasteiger partial charge in [-0.3, -0.25) is 4.79 Å². The van der Waals surface area contributed by atoms with Crippen LogP contribution in [0.1, 0.15) is 27.7 Å². The summed E-state index contributed by atoms with van der Waals surface area (Å²) in [6.07, 6.45) is 0.